The second kappa shape index (κ2) is 3.88. The first-order valence-electron chi connectivity index (χ1n) is 3.32. The minimum atomic E-state index is -0.286. The number of H-pyrrole nitrogens is 1. The van der Waals surface area contributed by atoms with E-state index >= 15 is 0 Å². The van der Waals surface area contributed by atoms with E-state index in [-0.39, 0.29) is 11.2 Å². The van der Waals surface area contributed by atoms with E-state index in [4.69, 9.17) is 5.73 Å². The molecule has 0 saturated carbocycles. The lowest BCUT2D eigenvalue weighted by molar-refractivity contribution is 1.23. The first-order valence-corrected chi connectivity index (χ1v) is 3.95. The molecule has 3 nitrogen and oxygen atoms in total. The van der Waals surface area contributed by atoms with Gasteiger partial charge in [0, 0.05) is 11.8 Å². The zero-order chi connectivity index (χ0) is 8.97. The lowest BCUT2D eigenvalue weighted by Gasteiger charge is -1.91. The van der Waals surface area contributed by atoms with E-state index in [9.17, 15) is 4.79 Å². The molecule has 0 bridgehead atoms. The maximum Gasteiger partial charge on any atom is 0.271 e. The number of pyridine rings is 1. The van der Waals surface area contributed by atoms with Gasteiger partial charge in [0.2, 0.25) is 0 Å². The maximum atomic E-state index is 10.8. The van der Waals surface area contributed by atoms with Crippen LogP contribution in [0.5, 0.6) is 0 Å². The highest BCUT2D eigenvalue weighted by Gasteiger charge is 1.92. The highest BCUT2D eigenvalue weighted by atomic mass is 32.1. The SMILES string of the molecule is Nc1cc(C#CCS)c[nH]c1=O. The van der Waals surface area contributed by atoms with Crippen molar-refractivity contribution in [3.05, 3.63) is 28.2 Å². The summed E-state index contributed by atoms with van der Waals surface area (Å²) in [5, 5.41) is 0. The van der Waals surface area contributed by atoms with Gasteiger partial charge >= 0.3 is 0 Å². The number of aromatic nitrogens is 1. The van der Waals surface area contributed by atoms with E-state index < -0.39 is 0 Å². The quantitative estimate of drug-likeness (QED) is 0.395. The third kappa shape index (κ3) is 2.07. The summed E-state index contributed by atoms with van der Waals surface area (Å²) < 4.78 is 0. The van der Waals surface area contributed by atoms with Crippen LogP contribution in [0.25, 0.3) is 0 Å². The van der Waals surface area contributed by atoms with Gasteiger partial charge in [-0.3, -0.25) is 4.79 Å². The standard InChI is InChI=1S/C8H8N2OS/c9-7-4-6(2-1-3-12)5-10-8(7)11/h4-5,12H,3,9H2,(H,10,11). The summed E-state index contributed by atoms with van der Waals surface area (Å²) in [6, 6.07) is 1.54. The van der Waals surface area contributed by atoms with Crippen LogP contribution in [-0.2, 0) is 0 Å². The van der Waals surface area contributed by atoms with Crippen molar-refractivity contribution in [2.75, 3.05) is 11.5 Å². The average molecular weight is 180 g/mol. The predicted molar refractivity (Wildman–Crippen MR) is 52.2 cm³/mol. The molecule has 0 spiro atoms. The average Bonchev–Trinajstić information content (AvgIpc) is 2.07. The number of aromatic amines is 1. The molecule has 0 amide bonds. The Labute approximate surface area is 75.4 Å². The van der Waals surface area contributed by atoms with Crippen molar-refractivity contribution in [2.24, 2.45) is 0 Å². The number of rotatable bonds is 0. The van der Waals surface area contributed by atoms with Gasteiger partial charge in [0.25, 0.3) is 5.56 Å². The number of thiol groups is 1. The molecule has 0 fully saturated rings. The zero-order valence-electron chi connectivity index (χ0n) is 6.29. The molecule has 0 aromatic carbocycles. The van der Waals surface area contributed by atoms with Crippen molar-refractivity contribution in [2.45, 2.75) is 0 Å². The van der Waals surface area contributed by atoms with Crippen molar-refractivity contribution >= 4 is 18.3 Å². The number of hydrogen-bond acceptors (Lipinski definition) is 3. The minimum absolute atomic E-state index is 0.181. The minimum Gasteiger partial charge on any atom is -0.394 e. The number of anilines is 1. The molecule has 0 aliphatic rings. The molecule has 12 heavy (non-hydrogen) atoms. The van der Waals surface area contributed by atoms with Gasteiger partial charge in [-0.1, -0.05) is 11.8 Å². The predicted octanol–water partition coefficient (Wildman–Crippen LogP) is 0.238. The van der Waals surface area contributed by atoms with Gasteiger partial charge in [-0.05, 0) is 6.07 Å². The zero-order valence-corrected chi connectivity index (χ0v) is 7.19. The summed E-state index contributed by atoms with van der Waals surface area (Å²) in [5.74, 6) is 6.02. The summed E-state index contributed by atoms with van der Waals surface area (Å²) in [4.78, 5) is 13.3. The molecule has 1 rings (SSSR count). The Morgan fingerprint density at radius 2 is 2.42 bits per heavy atom. The molecular formula is C8H8N2OS. The molecule has 0 radical (unpaired) electrons. The highest BCUT2D eigenvalue weighted by molar-refractivity contribution is 7.80. The van der Waals surface area contributed by atoms with Crippen LogP contribution in [0.2, 0.25) is 0 Å². The van der Waals surface area contributed by atoms with Gasteiger partial charge in [-0.25, -0.2) is 0 Å². The second-order valence-corrected chi connectivity index (χ2v) is 2.45. The van der Waals surface area contributed by atoms with E-state index in [1.165, 1.54) is 12.3 Å². The van der Waals surface area contributed by atoms with Crippen LogP contribution >= 0.6 is 12.6 Å². The van der Waals surface area contributed by atoms with Gasteiger partial charge in [-0.15, -0.1) is 0 Å². The third-order valence-electron chi connectivity index (χ3n) is 1.24. The molecule has 0 aliphatic carbocycles. The van der Waals surface area contributed by atoms with Crippen molar-refractivity contribution < 1.29 is 0 Å². The molecular weight excluding hydrogens is 172 g/mol. The lowest BCUT2D eigenvalue weighted by atomic mass is 10.3. The number of hydrogen-bond donors (Lipinski definition) is 3. The van der Waals surface area contributed by atoms with Crippen LogP contribution < -0.4 is 11.3 Å². The van der Waals surface area contributed by atoms with Gasteiger partial charge in [0.1, 0.15) is 0 Å². The van der Waals surface area contributed by atoms with Crippen LogP contribution in [0.1, 0.15) is 5.56 Å². The molecule has 3 N–H and O–H groups in total. The summed E-state index contributed by atoms with van der Waals surface area (Å²) in [5.41, 5.74) is 5.95. The number of nitrogens with two attached hydrogens (primary N) is 1. The van der Waals surface area contributed by atoms with Crippen molar-refractivity contribution in [1.82, 2.24) is 4.98 Å². The Kier molecular flexibility index (Phi) is 2.83. The Bertz CT molecular complexity index is 386. The van der Waals surface area contributed by atoms with Gasteiger partial charge in [0.05, 0.1) is 11.4 Å². The summed E-state index contributed by atoms with van der Waals surface area (Å²) in [6.07, 6.45) is 1.52. The van der Waals surface area contributed by atoms with Crippen molar-refractivity contribution in [1.29, 1.82) is 0 Å². The molecule has 62 valence electrons. The molecule has 1 heterocycles. The van der Waals surface area contributed by atoms with Crippen molar-refractivity contribution in [3.63, 3.8) is 0 Å². The third-order valence-corrected chi connectivity index (χ3v) is 1.40. The van der Waals surface area contributed by atoms with Crippen LogP contribution in [-0.4, -0.2) is 10.7 Å². The van der Waals surface area contributed by atoms with E-state index in [1.54, 1.807) is 0 Å². The topological polar surface area (TPSA) is 58.9 Å². The van der Waals surface area contributed by atoms with Crippen LogP contribution in [0.3, 0.4) is 0 Å². The molecule has 1 aromatic heterocycles. The Balaban J connectivity index is 3.05. The fraction of sp³-hybridized carbons (Fsp3) is 0.125. The Morgan fingerprint density at radius 3 is 3.00 bits per heavy atom. The van der Waals surface area contributed by atoms with Crippen LogP contribution in [0, 0.1) is 11.8 Å². The van der Waals surface area contributed by atoms with Gasteiger partial charge in [-0.2, -0.15) is 12.6 Å². The highest BCUT2D eigenvalue weighted by Crippen LogP contribution is 1.96. The fourth-order valence-corrected chi connectivity index (χ4v) is 0.794. The first-order chi connectivity index (χ1) is 5.74. The number of nitrogen functional groups attached to an aromatic ring is 1. The van der Waals surface area contributed by atoms with E-state index in [2.05, 4.69) is 29.5 Å². The Hall–Kier alpha value is -1.34. The Morgan fingerprint density at radius 1 is 1.67 bits per heavy atom. The summed E-state index contributed by atoms with van der Waals surface area (Å²) in [7, 11) is 0. The molecule has 0 unspecified atom stereocenters. The normalized spacial score (nSPS) is 8.75. The molecule has 1 aromatic rings. The van der Waals surface area contributed by atoms with Gasteiger partial charge < -0.3 is 10.7 Å². The van der Waals surface area contributed by atoms with Crippen LogP contribution in [0.15, 0.2) is 17.1 Å². The smallest absolute Gasteiger partial charge is 0.271 e. The second-order valence-electron chi connectivity index (χ2n) is 2.13. The summed E-state index contributed by atoms with van der Waals surface area (Å²) >= 11 is 3.92. The molecule has 4 heteroatoms. The van der Waals surface area contributed by atoms with E-state index in [0.29, 0.717) is 11.3 Å². The fourth-order valence-electron chi connectivity index (χ4n) is 0.715. The monoisotopic (exact) mass is 180 g/mol. The molecule has 0 saturated heterocycles. The maximum absolute atomic E-state index is 10.8. The lowest BCUT2D eigenvalue weighted by Crippen LogP contribution is -2.10. The van der Waals surface area contributed by atoms with E-state index in [0.717, 1.165) is 0 Å². The van der Waals surface area contributed by atoms with Gasteiger partial charge in [0.15, 0.2) is 0 Å². The number of nitrogens with one attached hydrogen (secondary N) is 1. The largest absolute Gasteiger partial charge is 0.394 e. The summed E-state index contributed by atoms with van der Waals surface area (Å²) in [6.45, 7) is 0. The first kappa shape index (κ1) is 8.75. The van der Waals surface area contributed by atoms with E-state index in [1.807, 2.05) is 0 Å². The molecule has 0 atom stereocenters. The van der Waals surface area contributed by atoms with Crippen molar-refractivity contribution in [3.8, 4) is 11.8 Å². The van der Waals surface area contributed by atoms with Crippen LogP contribution in [0.4, 0.5) is 5.69 Å². The molecule has 0 aliphatic heterocycles.